The minimum absolute atomic E-state index is 0.439. The lowest BCUT2D eigenvalue weighted by molar-refractivity contribution is -0.293. The first-order valence-corrected chi connectivity index (χ1v) is 8.36. The van der Waals surface area contributed by atoms with Crippen molar-refractivity contribution >= 4 is 6.21 Å². The first kappa shape index (κ1) is 19.2. The van der Waals surface area contributed by atoms with Crippen molar-refractivity contribution in [2.24, 2.45) is 5.16 Å². The summed E-state index contributed by atoms with van der Waals surface area (Å²) in [7, 11) is 1.54. The molecule has 0 bridgehead atoms. The monoisotopic (exact) mass is 375 g/mol. The van der Waals surface area contributed by atoms with Crippen molar-refractivity contribution in [3.63, 3.8) is 0 Å². The van der Waals surface area contributed by atoms with Gasteiger partial charge < -0.3 is 29.6 Å². The van der Waals surface area contributed by atoms with Crippen LogP contribution in [0.2, 0.25) is 0 Å². The van der Waals surface area contributed by atoms with Gasteiger partial charge in [0.25, 0.3) is 6.29 Å². The molecular formula is C18H21N3O6. The quantitative estimate of drug-likeness (QED) is 0.504. The average molecular weight is 375 g/mol. The van der Waals surface area contributed by atoms with Crippen LogP contribution >= 0.6 is 0 Å². The fourth-order valence-electron chi connectivity index (χ4n) is 2.60. The summed E-state index contributed by atoms with van der Waals surface area (Å²) < 4.78 is 10.6. The van der Waals surface area contributed by atoms with Crippen LogP contribution in [0.25, 0.3) is 11.4 Å². The van der Waals surface area contributed by atoms with Gasteiger partial charge in [-0.25, -0.2) is 4.98 Å². The molecule has 0 radical (unpaired) electrons. The smallest absolute Gasteiger partial charge is 0.256 e. The molecule has 9 heteroatoms. The van der Waals surface area contributed by atoms with E-state index in [2.05, 4.69) is 15.1 Å². The van der Waals surface area contributed by atoms with E-state index in [9.17, 15) is 15.3 Å². The molecule has 1 aliphatic rings. The van der Waals surface area contributed by atoms with E-state index in [4.69, 9.17) is 14.3 Å². The number of aliphatic hydroxyl groups is 3. The maximum absolute atomic E-state index is 9.92. The highest BCUT2D eigenvalue weighted by atomic mass is 16.8. The van der Waals surface area contributed by atoms with E-state index in [-0.39, 0.29) is 0 Å². The minimum atomic E-state index is -1.43. The summed E-state index contributed by atoms with van der Waals surface area (Å²) in [5.74, 6) is 0.563. The van der Waals surface area contributed by atoms with Gasteiger partial charge in [-0.05, 0) is 19.1 Å². The van der Waals surface area contributed by atoms with Gasteiger partial charge in [0.2, 0.25) is 0 Å². The van der Waals surface area contributed by atoms with Crippen molar-refractivity contribution in [2.45, 2.75) is 37.6 Å². The number of aromatic nitrogens is 2. The molecule has 0 spiro atoms. The van der Waals surface area contributed by atoms with Crippen LogP contribution in [0.3, 0.4) is 0 Å². The van der Waals surface area contributed by atoms with Crippen molar-refractivity contribution in [2.75, 3.05) is 7.11 Å². The van der Waals surface area contributed by atoms with Gasteiger partial charge in [0.05, 0.1) is 36.5 Å². The van der Waals surface area contributed by atoms with Crippen LogP contribution in [0.15, 0.2) is 41.7 Å². The molecule has 144 valence electrons. The Hall–Kier alpha value is -2.59. The molecular weight excluding hydrogens is 354 g/mol. The number of hydrogen-bond donors (Lipinski definition) is 3. The average Bonchev–Trinajstić information content (AvgIpc) is 2.70. The van der Waals surface area contributed by atoms with Crippen LogP contribution in [0.5, 0.6) is 5.75 Å². The van der Waals surface area contributed by atoms with Crippen LogP contribution in [-0.4, -0.2) is 69.3 Å². The number of hydrogen-bond acceptors (Lipinski definition) is 9. The zero-order chi connectivity index (χ0) is 19.4. The second-order valence-corrected chi connectivity index (χ2v) is 6.05. The molecule has 1 fully saturated rings. The molecule has 3 N–H and O–H groups in total. The highest BCUT2D eigenvalue weighted by molar-refractivity contribution is 5.78. The molecule has 2 aromatic rings. The Morgan fingerprint density at radius 1 is 1.11 bits per heavy atom. The SMILES string of the molecule is COc1cc(/C=N\O[C@@H]2O[C@@H](C)[C@H](O)[C@@H](O)[C@H]2O)nc(-c2ccccn2)c1. The highest BCUT2D eigenvalue weighted by Gasteiger charge is 2.43. The fourth-order valence-corrected chi connectivity index (χ4v) is 2.60. The topological polar surface area (TPSA) is 127 Å². The first-order valence-electron chi connectivity index (χ1n) is 8.36. The third-order valence-electron chi connectivity index (χ3n) is 4.14. The van der Waals surface area contributed by atoms with E-state index in [1.165, 1.54) is 13.3 Å². The van der Waals surface area contributed by atoms with E-state index in [0.29, 0.717) is 22.8 Å². The molecule has 5 atom stereocenters. The number of nitrogens with zero attached hydrogens (tertiary/aromatic N) is 3. The van der Waals surface area contributed by atoms with E-state index in [1.54, 1.807) is 25.3 Å². The summed E-state index contributed by atoms with van der Waals surface area (Å²) in [4.78, 5) is 13.8. The molecule has 27 heavy (non-hydrogen) atoms. The molecule has 9 nitrogen and oxygen atoms in total. The predicted octanol–water partition coefficient (Wildman–Crippen LogP) is 0.330. The van der Waals surface area contributed by atoms with Gasteiger partial charge >= 0.3 is 0 Å². The first-order chi connectivity index (χ1) is 13.0. The third-order valence-corrected chi connectivity index (χ3v) is 4.14. The summed E-state index contributed by atoms with van der Waals surface area (Å²) in [6.07, 6.45) is -2.96. The maximum Gasteiger partial charge on any atom is 0.256 e. The van der Waals surface area contributed by atoms with E-state index >= 15 is 0 Å². The summed E-state index contributed by atoms with van der Waals surface area (Å²) >= 11 is 0. The number of rotatable bonds is 5. The van der Waals surface area contributed by atoms with E-state index in [1.807, 2.05) is 18.2 Å². The highest BCUT2D eigenvalue weighted by Crippen LogP contribution is 2.23. The normalized spacial score (nSPS) is 28.3. The Balaban J connectivity index is 1.75. The molecule has 0 amide bonds. The second kappa shape index (κ2) is 8.40. The molecule has 1 aliphatic heterocycles. The predicted molar refractivity (Wildman–Crippen MR) is 95.1 cm³/mol. The molecule has 0 aromatic carbocycles. The molecule has 3 heterocycles. The Morgan fingerprint density at radius 2 is 1.93 bits per heavy atom. The van der Waals surface area contributed by atoms with E-state index in [0.717, 1.165) is 0 Å². The van der Waals surface area contributed by atoms with Gasteiger partial charge in [-0.3, -0.25) is 4.98 Å². The Labute approximate surface area is 155 Å². The van der Waals surface area contributed by atoms with Gasteiger partial charge in [-0.15, -0.1) is 0 Å². The van der Waals surface area contributed by atoms with Crippen molar-refractivity contribution in [3.05, 3.63) is 42.2 Å². The van der Waals surface area contributed by atoms with Crippen LogP contribution < -0.4 is 4.74 Å². The standard InChI is InChI=1S/C18H21N3O6/c1-10-15(22)16(23)17(24)18(26-10)27-20-9-11-7-12(25-2)8-14(21-11)13-5-3-4-6-19-13/h3-10,15-18,22-24H,1-2H3/b20-9-/t10-,15-,16+,17+,18-/m0/s1. The number of pyridine rings is 2. The lowest BCUT2D eigenvalue weighted by Crippen LogP contribution is -2.56. The Kier molecular flexibility index (Phi) is 5.97. The van der Waals surface area contributed by atoms with Crippen molar-refractivity contribution in [1.82, 2.24) is 9.97 Å². The van der Waals surface area contributed by atoms with Crippen LogP contribution in [0, 0.1) is 0 Å². The Morgan fingerprint density at radius 3 is 2.63 bits per heavy atom. The lowest BCUT2D eigenvalue weighted by atomic mass is 10.0. The summed E-state index contributed by atoms with van der Waals surface area (Å²) in [6, 6.07) is 8.87. The molecule has 3 rings (SSSR count). The molecule has 0 unspecified atom stereocenters. The molecule has 0 saturated carbocycles. The summed E-state index contributed by atoms with van der Waals surface area (Å²) in [6.45, 7) is 1.56. The van der Waals surface area contributed by atoms with Crippen LogP contribution in [-0.2, 0) is 9.57 Å². The number of oxime groups is 1. The zero-order valence-corrected chi connectivity index (χ0v) is 14.8. The Bertz CT molecular complexity index is 788. The van der Waals surface area contributed by atoms with Crippen LogP contribution in [0.4, 0.5) is 0 Å². The summed E-state index contributed by atoms with van der Waals surface area (Å²) in [5.41, 5.74) is 1.70. The van der Waals surface area contributed by atoms with Gasteiger partial charge in [-0.2, -0.15) is 0 Å². The van der Waals surface area contributed by atoms with Crippen molar-refractivity contribution in [3.8, 4) is 17.1 Å². The number of methoxy groups -OCH3 is 1. The van der Waals surface area contributed by atoms with E-state index < -0.39 is 30.7 Å². The summed E-state index contributed by atoms with van der Waals surface area (Å²) in [5, 5.41) is 33.2. The van der Waals surface area contributed by atoms with Crippen molar-refractivity contribution in [1.29, 1.82) is 0 Å². The molecule has 2 aromatic heterocycles. The van der Waals surface area contributed by atoms with Gasteiger partial charge in [-0.1, -0.05) is 11.2 Å². The fraction of sp³-hybridized carbons (Fsp3) is 0.389. The third kappa shape index (κ3) is 4.40. The largest absolute Gasteiger partial charge is 0.497 e. The van der Waals surface area contributed by atoms with Crippen molar-refractivity contribution < 1.29 is 29.6 Å². The van der Waals surface area contributed by atoms with Gasteiger partial charge in [0.15, 0.2) is 0 Å². The number of ether oxygens (including phenoxy) is 2. The van der Waals surface area contributed by atoms with Crippen LogP contribution in [0.1, 0.15) is 12.6 Å². The number of aliphatic hydroxyl groups excluding tert-OH is 3. The lowest BCUT2D eigenvalue weighted by Gasteiger charge is -2.37. The van der Waals surface area contributed by atoms with Gasteiger partial charge in [0.1, 0.15) is 24.1 Å². The minimum Gasteiger partial charge on any atom is -0.497 e. The second-order valence-electron chi connectivity index (χ2n) is 6.05. The maximum atomic E-state index is 9.92. The molecule has 1 saturated heterocycles. The zero-order valence-electron chi connectivity index (χ0n) is 14.8. The molecule has 0 aliphatic carbocycles. The van der Waals surface area contributed by atoms with Gasteiger partial charge in [0, 0.05) is 18.3 Å².